The summed E-state index contributed by atoms with van der Waals surface area (Å²) in [6.45, 7) is 9.49. The fourth-order valence-electron chi connectivity index (χ4n) is 3.56. The van der Waals surface area contributed by atoms with Gasteiger partial charge >= 0.3 is 0 Å². The molecule has 0 radical (unpaired) electrons. The van der Waals surface area contributed by atoms with Crippen LogP contribution in [0.2, 0.25) is 0 Å². The largest absolute Gasteiger partial charge is 0.377 e. The highest BCUT2D eigenvalue weighted by Crippen LogP contribution is 2.33. The summed E-state index contributed by atoms with van der Waals surface area (Å²) in [5, 5.41) is 11.1. The summed E-state index contributed by atoms with van der Waals surface area (Å²) < 4.78 is 7.91. The summed E-state index contributed by atoms with van der Waals surface area (Å²) in [5.74, 6) is 1.41. The van der Waals surface area contributed by atoms with E-state index >= 15 is 0 Å². The van der Waals surface area contributed by atoms with Crippen LogP contribution in [0.5, 0.6) is 0 Å². The van der Waals surface area contributed by atoms with Crippen molar-refractivity contribution >= 4 is 5.96 Å². The van der Waals surface area contributed by atoms with Crippen molar-refractivity contribution < 1.29 is 4.74 Å². The molecule has 1 aliphatic rings. The maximum Gasteiger partial charge on any atom is 0.190 e. The second kappa shape index (κ2) is 9.22. The molecule has 2 rings (SSSR count). The SMILES string of the molecule is CN=C(NCCCc1cnn(C)c1)NCC1CCCOC1C(C)(C)C. The molecule has 0 spiro atoms. The molecule has 6 heteroatoms. The van der Waals surface area contributed by atoms with Crippen molar-refractivity contribution in [1.29, 1.82) is 0 Å². The number of aryl methyl sites for hydroxylation is 2. The lowest BCUT2D eigenvalue weighted by molar-refractivity contribution is -0.0835. The molecular formula is C19H35N5O. The number of nitrogens with zero attached hydrogens (tertiary/aromatic N) is 3. The zero-order chi connectivity index (χ0) is 18.3. The molecule has 142 valence electrons. The van der Waals surface area contributed by atoms with Gasteiger partial charge in [0.1, 0.15) is 0 Å². The molecule has 1 aliphatic heterocycles. The van der Waals surface area contributed by atoms with Crippen molar-refractivity contribution in [3.05, 3.63) is 18.0 Å². The van der Waals surface area contributed by atoms with Crippen molar-refractivity contribution in [2.24, 2.45) is 23.4 Å². The standard InChI is InChI=1S/C19H35N5O/c1-19(2,3)17-16(9-7-11-25-17)13-22-18(20-4)21-10-6-8-15-12-23-24(5)14-15/h12,14,16-17H,6-11,13H2,1-5H3,(H2,20,21,22). The average molecular weight is 350 g/mol. The van der Waals surface area contributed by atoms with Gasteiger partial charge in [-0.2, -0.15) is 5.10 Å². The normalized spacial score (nSPS) is 22.0. The van der Waals surface area contributed by atoms with Gasteiger partial charge in [-0.15, -0.1) is 0 Å². The number of aromatic nitrogens is 2. The Morgan fingerprint density at radius 1 is 1.40 bits per heavy atom. The fourth-order valence-corrected chi connectivity index (χ4v) is 3.56. The molecule has 0 aliphatic carbocycles. The Balaban J connectivity index is 1.72. The van der Waals surface area contributed by atoms with Crippen LogP contribution in [0.3, 0.4) is 0 Å². The van der Waals surface area contributed by atoms with Crippen molar-refractivity contribution in [3.63, 3.8) is 0 Å². The van der Waals surface area contributed by atoms with Crippen LogP contribution < -0.4 is 10.6 Å². The third-order valence-electron chi connectivity index (χ3n) is 4.75. The smallest absolute Gasteiger partial charge is 0.190 e. The molecule has 2 N–H and O–H groups in total. The van der Waals surface area contributed by atoms with Gasteiger partial charge in [-0.05, 0) is 36.7 Å². The summed E-state index contributed by atoms with van der Waals surface area (Å²) in [6, 6.07) is 0. The predicted octanol–water partition coefficient (Wildman–Crippen LogP) is 2.36. The van der Waals surface area contributed by atoms with Gasteiger partial charge in [0.05, 0.1) is 12.3 Å². The first-order valence-electron chi connectivity index (χ1n) is 9.44. The van der Waals surface area contributed by atoms with Crippen LogP contribution in [0.1, 0.15) is 45.6 Å². The second-order valence-corrected chi connectivity index (χ2v) is 8.07. The highest BCUT2D eigenvalue weighted by Gasteiger charge is 2.35. The molecule has 2 heterocycles. The first-order chi connectivity index (χ1) is 11.9. The van der Waals surface area contributed by atoms with Crippen molar-refractivity contribution in [2.75, 3.05) is 26.7 Å². The summed E-state index contributed by atoms with van der Waals surface area (Å²) in [5.41, 5.74) is 1.45. The number of guanidine groups is 1. The van der Waals surface area contributed by atoms with Gasteiger partial charge in [0.25, 0.3) is 0 Å². The van der Waals surface area contributed by atoms with Gasteiger partial charge in [-0.25, -0.2) is 0 Å². The van der Waals surface area contributed by atoms with Crippen molar-refractivity contribution in [1.82, 2.24) is 20.4 Å². The summed E-state index contributed by atoms with van der Waals surface area (Å²) in [4.78, 5) is 4.35. The molecule has 1 aromatic rings. The van der Waals surface area contributed by atoms with E-state index in [0.29, 0.717) is 12.0 Å². The third kappa shape index (κ3) is 6.34. The Labute approximate surface area is 152 Å². The van der Waals surface area contributed by atoms with Crippen LogP contribution >= 0.6 is 0 Å². The van der Waals surface area contributed by atoms with Crippen LogP contribution in [0.4, 0.5) is 0 Å². The quantitative estimate of drug-likeness (QED) is 0.470. The van der Waals surface area contributed by atoms with Crippen molar-refractivity contribution in [2.45, 2.75) is 52.6 Å². The summed E-state index contributed by atoms with van der Waals surface area (Å²) in [6.07, 6.45) is 8.76. The molecular weight excluding hydrogens is 314 g/mol. The molecule has 25 heavy (non-hydrogen) atoms. The number of nitrogens with one attached hydrogen (secondary N) is 2. The van der Waals surface area contributed by atoms with Gasteiger partial charge in [0.15, 0.2) is 5.96 Å². The van der Waals surface area contributed by atoms with E-state index in [-0.39, 0.29) is 5.41 Å². The van der Waals surface area contributed by atoms with Crippen LogP contribution in [0.15, 0.2) is 17.4 Å². The van der Waals surface area contributed by atoms with Gasteiger partial charge in [-0.3, -0.25) is 9.67 Å². The number of hydrogen-bond donors (Lipinski definition) is 2. The predicted molar refractivity (Wildman–Crippen MR) is 103 cm³/mol. The van der Waals surface area contributed by atoms with Crippen molar-refractivity contribution in [3.8, 4) is 0 Å². The Bertz CT molecular complexity index is 546. The Hall–Kier alpha value is -1.56. The van der Waals surface area contributed by atoms with Gasteiger partial charge in [0.2, 0.25) is 0 Å². The van der Waals surface area contributed by atoms with E-state index in [2.05, 4.69) is 47.7 Å². The minimum Gasteiger partial charge on any atom is -0.377 e. The zero-order valence-electron chi connectivity index (χ0n) is 16.5. The monoisotopic (exact) mass is 349 g/mol. The molecule has 0 aromatic carbocycles. The number of aliphatic imine (C=N–C) groups is 1. The lowest BCUT2D eigenvalue weighted by Crippen LogP contribution is -2.47. The van der Waals surface area contributed by atoms with Gasteiger partial charge < -0.3 is 15.4 Å². The topological polar surface area (TPSA) is 63.5 Å². The maximum atomic E-state index is 6.06. The Kier molecular flexibility index (Phi) is 7.29. The molecule has 2 unspecified atom stereocenters. The molecule has 6 nitrogen and oxygen atoms in total. The third-order valence-corrected chi connectivity index (χ3v) is 4.75. The van der Waals surface area contributed by atoms with E-state index in [9.17, 15) is 0 Å². The van der Waals surface area contributed by atoms with E-state index in [1.807, 2.05) is 25.0 Å². The van der Waals surface area contributed by atoms with Crippen LogP contribution in [0, 0.1) is 11.3 Å². The van der Waals surface area contributed by atoms with E-state index in [1.54, 1.807) is 0 Å². The molecule has 1 fully saturated rings. The van der Waals surface area contributed by atoms with Crippen LogP contribution in [-0.2, 0) is 18.2 Å². The number of rotatable bonds is 6. The van der Waals surface area contributed by atoms with E-state index in [0.717, 1.165) is 44.9 Å². The first-order valence-corrected chi connectivity index (χ1v) is 9.44. The minimum absolute atomic E-state index is 0.174. The molecule has 0 amide bonds. The van der Waals surface area contributed by atoms with Gasteiger partial charge in [0, 0.05) is 45.9 Å². The second-order valence-electron chi connectivity index (χ2n) is 8.07. The van der Waals surface area contributed by atoms with E-state index < -0.39 is 0 Å². The van der Waals surface area contributed by atoms with Crippen LogP contribution in [0.25, 0.3) is 0 Å². The molecule has 0 bridgehead atoms. The van der Waals surface area contributed by atoms with Crippen LogP contribution in [-0.4, -0.2) is 48.6 Å². The maximum absolute atomic E-state index is 6.06. The lowest BCUT2D eigenvalue weighted by Gasteiger charge is -2.40. The minimum atomic E-state index is 0.174. The molecule has 1 aromatic heterocycles. The van der Waals surface area contributed by atoms with E-state index in [4.69, 9.17) is 4.74 Å². The van der Waals surface area contributed by atoms with Gasteiger partial charge in [-0.1, -0.05) is 20.8 Å². The number of ether oxygens (including phenoxy) is 1. The Morgan fingerprint density at radius 3 is 2.84 bits per heavy atom. The Morgan fingerprint density at radius 2 is 2.20 bits per heavy atom. The molecule has 0 saturated carbocycles. The molecule has 1 saturated heterocycles. The summed E-state index contributed by atoms with van der Waals surface area (Å²) in [7, 11) is 3.78. The lowest BCUT2D eigenvalue weighted by atomic mass is 9.78. The zero-order valence-corrected chi connectivity index (χ0v) is 16.5. The average Bonchev–Trinajstić information content (AvgIpc) is 2.99. The molecule has 2 atom stereocenters. The highest BCUT2D eigenvalue weighted by atomic mass is 16.5. The van der Waals surface area contributed by atoms with E-state index in [1.165, 1.54) is 12.0 Å². The number of hydrogen-bond acceptors (Lipinski definition) is 3. The fraction of sp³-hybridized carbons (Fsp3) is 0.789. The highest BCUT2D eigenvalue weighted by molar-refractivity contribution is 5.79. The first kappa shape index (κ1) is 19.8. The summed E-state index contributed by atoms with van der Waals surface area (Å²) >= 11 is 0.